The third-order valence-electron chi connectivity index (χ3n) is 3.90. The van der Waals surface area contributed by atoms with E-state index in [0.717, 1.165) is 17.9 Å². The van der Waals surface area contributed by atoms with Crippen LogP contribution in [0.4, 0.5) is 0 Å². The van der Waals surface area contributed by atoms with Crippen molar-refractivity contribution < 1.29 is 5.11 Å². The molecular weight excluding hydrogens is 228 g/mol. The van der Waals surface area contributed by atoms with Crippen LogP contribution in [-0.4, -0.2) is 5.11 Å². The van der Waals surface area contributed by atoms with E-state index in [9.17, 15) is 5.11 Å². The van der Waals surface area contributed by atoms with E-state index in [-0.39, 0.29) is 6.10 Å². The smallest absolute Gasteiger partial charge is 0.0806 e. The normalized spacial score (nSPS) is 18.9. The van der Waals surface area contributed by atoms with Crippen LogP contribution in [-0.2, 0) is 0 Å². The molecule has 2 aromatic rings. The topological polar surface area (TPSA) is 20.2 Å². The zero-order chi connectivity index (χ0) is 11.7. The predicted molar refractivity (Wildman–Crippen MR) is 73.4 cm³/mol. The average molecular weight is 246 g/mol. The second-order valence-corrected chi connectivity index (χ2v) is 6.00. The summed E-state index contributed by atoms with van der Waals surface area (Å²) in [5, 5.41) is 13.7. The first-order valence-corrected chi connectivity index (χ1v) is 7.37. The largest absolute Gasteiger partial charge is 0.388 e. The van der Waals surface area contributed by atoms with Gasteiger partial charge in [0.25, 0.3) is 0 Å². The lowest BCUT2D eigenvalue weighted by Crippen LogP contribution is -2.03. The van der Waals surface area contributed by atoms with Crippen molar-refractivity contribution in [3.8, 4) is 0 Å². The molecule has 0 radical (unpaired) electrons. The maximum atomic E-state index is 10.4. The highest BCUT2D eigenvalue weighted by molar-refractivity contribution is 7.17. The number of hydrogen-bond donors (Lipinski definition) is 1. The highest BCUT2D eigenvalue weighted by atomic mass is 32.1. The summed E-state index contributed by atoms with van der Waals surface area (Å²) >= 11 is 1.74. The first kappa shape index (κ1) is 11.2. The molecule has 90 valence electrons. The zero-order valence-corrected chi connectivity index (χ0v) is 10.7. The Hall–Kier alpha value is -0.860. The molecule has 1 aromatic carbocycles. The van der Waals surface area contributed by atoms with Gasteiger partial charge in [0.1, 0.15) is 0 Å². The van der Waals surface area contributed by atoms with Crippen LogP contribution in [0.15, 0.2) is 29.6 Å². The predicted octanol–water partition coefficient (Wildman–Crippen LogP) is 4.52. The Morgan fingerprint density at radius 2 is 2.00 bits per heavy atom. The molecule has 0 aliphatic heterocycles. The molecule has 1 atom stereocenters. The molecule has 1 unspecified atom stereocenters. The fourth-order valence-electron chi connectivity index (χ4n) is 2.95. The van der Waals surface area contributed by atoms with Crippen molar-refractivity contribution in [2.75, 3.05) is 0 Å². The van der Waals surface area contributed by atoms with Gasteiger partial charge in [-0.25, -0.2) is 0 Å². The number of hydrogen-bond acceptors (Lipinski definition) is 2. The third-order valence-corrected chi connectivity index (χ3v) is 4.88. The Bertz CT molecular complexity index is 496. The van der Waals surface area contributed by atoms with Gasteiger partial charge in [0.15, 0.2) is 0 Å². The fraction of sp³-hybridized carbons (Fsp3) is 0.467. The lowest BCUT2D eigenvalue weighted by atomic mass is 9.95. The molecule has 17 heavy (non-hydrogen) atoms. The van der Waals surface area contributed by atoms with Gasteiger partial charge in [-0.15, -0.1) is 11.3 Å². The van der Waals surface area contributed by atoms with E-state index in [1.807, 2.05) is 0 Å². The van der Waals surface area contributed by atoms with Crippen LogP contribution >= 0.6 is 11.3 Å². The van der Waals surface area contributed by atoms with Gasteiger partial charge in [0.2, 0.25) is 0 Å². The average Bonchev–Trinajstić information content (AvgIpc) is 2.96. The lowest BCUT2D eigenvalue weighted by molar-refractivity contribution is 0.146. The molecule has 1 N–H and O–H groups in total. The molecule has 1 fully saturated rings. The monoisotopic (exact) mass is 246 g/mol. The zero-order valence-electron chi connectivity index (χ0n) is 9.93. The summed E-state index contributed by atoms with van der Waals surface area (Å²) in [5.74, 6) is 0.740. The van der Waals surface area contributed by atoms with E-state index < -0.39 is 0 Å². The van der Waals surface area contributed by atoms with Crippen molar-refractivity contribution in [2.45, 2.75) is 38.2 Å². The SMILES string of the molecule is OC(CC1CCCC1)c1csc2ccccc12. The third kappa shape index (κ3) is 2.24. The number of aliphatic hydroxyl groups excluding tert-OH is 1. The summed E-state index contributed by atoms with van der Waals surface area (Å²) in [6.45, 7) is 0. The first-order valence-electron chi connectivity index (χ1n) is 6.49. The Balaban J connectivity index is 1.82. The van der Waals surface area contributed by atoms with E-state index in [1.54, 1.807) is 11.3 Å². The molecule has 0 saturated heterocycles. The van der Waals surface area contributed by atoms with Crippen molar-refractivity contribution in [3.05, 3.63) is 35.2 Å². The van der Waals surface area contributed by atoms with E-state index in [0.29, 0.717) is 0 Å². The van der Waals surface area contributed by atoms with Gasteiger partial charge in [-0.05, 0) is 34.7 Å². The fourth-order valence-corrected chi connectivity index (χ4v) is 3.95. The Labute approximate surface area is 106 Å². The Kier molecular flexibility index (Phi) is 3.17. The van der Waals surface area contributed by atoms with Gasteiger partial charge in [-0.1, -0.05) is 43.9 Å². The van der Waals surface area contributed by atoms with E-state index in [1.165, 1.54) is 35.8 Å². The van der Waals surface area contributed by atoms with Crippen LogP contribution in [0, 0.1) is 5.92 Å². The number of fused-ring (bicyclic) bond motifs is 1. The van der Waals surface area contributed by atoms with Gasteiger partial charge < -0.3 is 5.11 Å². The molecular formula is C15H18OS. The summed E-state index contributed by atoms with van der Waals surface area (Å²) < 4.78 is 1.29. The van der Waals surface area contributed by atoms with Crippen molar-refractivity contribution in [1.82, 2.24) is 0 Å². The van der Waals surface area contributed by atoms with Crippen molar-refractivity contribution in [3.63, 3.8) is 0 Å². The van der Waals surface area contributed by atoms with Gasteiger partial charge in [-0.3, -0.25) is 0 Å². The maximum Gasteiger partial charge on any atom is 0.0806 e. The molecule has 2 heteroatoms. The van der Waals surface area contributed by atoms with Crippen LogP contribution in [0.25, 0.3) is 10.1 Å². The molecule has 0 bridgehead atoms. The van der Waals surface area contributed by atoms with Crippen LogP contribution in [0.2, 0.25) is 0 Å². The summed E-state index contributed by atoms with van der Waals surface area (Å²) in [6.07, 6.45) is 5.98. The van der Waals surface area contributed by atoms with Gasteiger partial charge in [0, 0.05) is 4.70 Å². The van der Waals surface area contributed by atoms with Crippen molar-refractivity contribution in [1.29, 1.82) is 0 Å². The molecule has 1 heterocycles. The van der Waals surface area contributed by atoms with Crippen LogP contribution in [0.1, 0.15) is 43.8 Å². The Morgan fingerprint density at radius 3 is 2.82 bits per heavy atom. The minimum Gasteiger partial charge on any atom is -0.388 e. The minimum atomic E-state index is -0.269. The van der Waals surface area contributed by atoms with Crippen LogP contribution < -0.4 is 0 Å². The van der Waals surface area contributed by atoms with Gasteiger partial charge in [0.05, 0.1) is 6.10 Å². The number of benzene rings is 1. The molecule has 1 saturated carbocycles. The highest BCUT2D eigenvalue weighted by Crippen LogP contribution is 2.37. The van der Waals surface area contributed by atoms with E-state index >= 15 is 0 Å². The molecule has 1 aromatic heterocycles. The van der Waals surface area contributed by atoms with Gasteiger partial charge >= 0.3 is 0 Å². The molecule has 1 aliphatic carbocycles. The van der Waals surface area contributed by atoms with Crippen molar-refractivity contribution >= 4 is 21.4 Å². The minimum absolute atomic E-state index is 0.269. The second kappa shape index (κ2) is 4.79. The van der Waals surface area contributed by atoms with Crippen molar-refractivity contribution in [2.24, 2.45) is 5.92 Å². The highest BCUT2D eigenvalue weighted by Gasteiger charge is 2.21. The first-order chi connectivity index (χ1) is 8.34. The summed E-state index contributed by atoms with van der Waals surface area (Å²) in [4.78, 5) is 0. The molecule has 1 nitrogen and oxygen atoms in total. The maximum absolute atomic E-state index is 10.4. The molecule has 0 amide bonds. The van der Waals surface area contributed by atoms with Crippen LogP contribution in [0.3, 0.4) is 0 Å². The molecule has 3 rings (SSSR count). The quantitative estimate of drug-likeness (QED) is 0.844. The number of rotatable bonds is 3. The number of aliphatic hydroxyl groups is 1. The lowest BCUT2D eigenvalue weighted by Gasteiger charge is -2.14. The van der Waals surface area contributed by atoms with E-state index in [2.05, 4.69) is 29.6 Å². The molecule has 1 aliphatic rings. The summed E-state index contributed by atoms with van der Waals surface area (Å²) in [6, 6.07) is 8.37. The van der Waals surface area contributed by atoms with Gasteiger partial charge in [-0.2, -0.15) is 0 Å². The molecule has 0 spiro atoms. The van der Waals surface area contributed by atoms with E-state index in [4.69, 9.17) is 0 Å². The standard InChI is InChI=1S/C15H18OS/c16-14(9-11-5-1-2-6-11)13-10-17-15-8-4-3-7-12(13)15/h3-4,7-8,10-11,14,16H,1-2,5-6,9H2. The van der Waals surface area contributed by atoms with Crippen LogP contribution in [0.5, 0.6) is 0 Å². The summed E-state index contributed by atoms with van der Waals surface area (Å²) in [5.41, 5.74) is 1.14. The second-order valence-electron chi connectivity index (χ2n) is 5.09. The Morgan fingerprint density at radius 1 is 1.24 bits per heavy atom. The number of thiophene rings is 1. The summed E-state index contributed by atoms with van der Waals surface area (Å²) in [7, 11) is 0.